The van der Waals surface area contributed by atoms with Crippen molar-refractivity contribution >= 4 is 94.3 Å². The lowest BCUT2D eigenvalue weighted by atomic mass is 9.89. The molecule has 0 radical (unpaired) electrons. The van der Waals surface area contributed by atoms with Gasteiger partial charge in [-0.3, -0.25) is 62.3 Å². The summed E-state index contributed by atoms with van der Waals surface area (Å²) >= 11 is 0. The van der Waals surface area contributed by atoms with Gasteiger partial charge in [0.15, 0.2) is 5.78 Å². The Hall–Kier alpha value is -8.53. The molecule has 12 amide bonds. The molecule has 2 rings (SSSR count). The second-order valence-corrected chi connectivity index (χ2v) is 27.3. The molecule has 0 aromatic heterocycles. The van der Waals surface area contributed by atoms with E-state index < -0.39 is 167 Å². The summed E-state index contributed by atoms with van der Waals surface area (Å²) in [5.74, 6) is -11.0. The molecule has 94 heavy (non-hydrogen) atoms. The lowest BCUT2D eigenvalue weighted by molar-refractivity contribution is -0.141. The summed E-state index contributed by atoms with van der Waals surface area (Å²) in [5, 5.41) is 25.2. The fraction of sp³-hybridized carbons (Fsp3) is 0.677. The van der Waals surface area contributed by atoms with E-state index in [1.165, 1.54) is 77.0 Å². The van der Waals surface area contributed by atoms with Gasteiger partial charge in [0.2, 0.25) is 58.8 Å². The lowest BCUT2D eigenvalue weighted by Crippen LogP contribution is -2.60. The number of rotatable bonds is 30. The highest BCUT2D eigenvalue weighted by Gasteiger charge is 2.38. The van der Waals surface area contributed by atoms with E-state index in [2.05, 4.69) is 53.2 Å². The van der Waals surface area contributed by atoms with Crippen LogP contribution >= 0.6 is 0 Å². The van der Waals surface area contributed by atoms with E-state index in [9.17, 15) is 71.9 Å². The summed E-state index contributed by atoms with van der Waals surface area (Å²) in [6, 6.07) is -3.97. The highest BCUT2D eigenvalue weighted by atomic mass is 16.6. The molecule has 1 aliphatic carbocycles. The Morgan fingerprint density at radius 3 is 1.16 bits per heavy atom. The number of alkyl carbamates (subject to hydrolysis) is 2. The number of ether oxygens (including phenoxy) is 2. The van der Waals surface area contributed by atoms with Crippen LogP contribution in [0.15, 0.2) is 24.3 Å². The van der Waals surface area contributed by atoms with E-state index in [1.807, 2.05) is 0 Å². The monoisotopic (exact) mass is 1330 g/mol. The van der Waals surface area contributed by atoms with Gasteiger partial charge in [-0.25, -0.2) is 9.59 Å². The predicted molar refractivity (Wildman–Crippen MR) is 350 cm³/mol. The summed E-state index contributed by atoms with van der Waals surface area (Å²) < 4.78 is 10.5. The summed E-state index contributed by atoms with van der Waals surface area (Å²) in [5.41, 5.74) is -1.08. The van der Waals surface area contributed by atoms with Gasteiger partial charge in [0.1, 0.15) is 47.5 Å². The minimum absolute atomic E-state index is 0.198. The van der Waals surface area contributed by atoms with E-state index in [0.29, 0.717) is 18.0 Å². The fourth-order valence-electron chi connectivity index (χ4n) is 9.03. The second-order valence-electron chi connectivity index (χ2n) is 27.3. The van der Waals surface area contributed by atoms with Gasteiger partial charge in [-0.1, -0.05) is 86.8 Å². The number of nitrogens with zero attached hydrogens (tertiary/aromatic N) is 2. The number of carbonyl (C=O) groups is 15. The number of carbonyl (C=O) groups excluding carboxylic acids is 15. The van der Waals surface area contributed by atoms with Gasteiger partial charge >= 0.3 is 12.2 Å². The summed E-state index contributed by atoms with van der Waals surface area (Å²) in [7, 11) is 5.89. The topological polar surface area (TPSA) is 401 Å². The number of amides is 12. The third kappa shape index (κ3) is 30.5. The van der Waals surface area contributed by atoms with Gasteiger partial charge in [0.05, 0.1) is 24.9 Å². The Kier molecular flexibility index (Phi) is 34.3. The van der Waals surface area contributed by atoms with Crippen molar-refractivity contribution in [1.82, 2.24) is 57.7 Å². The minimum atomic E-state index is -1.49. The van der Waals surface area contributed by atoms with Crippen molar-refractivity contribution in [2.75, 3.05) is 40.1 Å². The van der Waals surface area contributed by atoms with Crippen molar-refractivity contribution in [3.05, 3.63) is 29.8 Å². The molecule has 1 aromatic carbocycles. The van der Waals surface area contributed by atoms with Gasteiger partial charge < -0.3 is 72.4 Å². The molecule has 10 N–H and O–H groups in total. The molecule has 0 aliphatic heterocycles. The maximum Gasteiger partial charge on any atom is 0.408 e. The standard InChI is InChI=1S/C33H50N6O9.C32H56N6O8/c1-17(2)25(37-30(45)26(18(3)4)38-32(47)48-33(7,8)9)29(44)36-23(16-24(41)39(10)11)28(43)34-19(5)27(42)31(46)35-22-14-12-13-21(15-22)20(6)40;1-18(2)24(36-29(43)25(19(3)4)37-31(45)46-32(6,7)8)28(42)35-22(16-23(39)38(9)10)27(41)34-20(5)26(40)30(44)33-17-21-14-12-11-13-15-21/h12-15,17-19,23,25-26H,16H2,1-11H3,(H,34,43)(H,35,46)(H,36,44)(H,37,45)(H,38,47);18-22,24-25H,11-17H2,1-10H3,(H,33,44)(H,34,41)(H,35,42)(H,36,43)(H,37,45)/t19?,23-,25-,26-;20?,22-,24-,25-/m00/s1. The Morgan fingerprint density at radius 2 is 0.819 bits per heavy atom. The molecule has 29 heteroatoms. The quantitative estimate of drug-likeness (QED) is 0.0391. The van der Waals surface area contributed by atoms with Crippen LogP contribution in [0.2, 0.25) is 0 Å². The Bertz CT molecular complexity index is 2850. The summed E-state index contributed by atoms with van der Waals surface area (Å²) in [4.78, 5) is 195. The molecular formula is C65H106N12O17. The Labute approximate surface area is 553 Å². The third-order valence-corrected chi connectivity index (χ3v) is 14.5. The van der Waals surface area contributed by atoms with E-state index in [4.69, 9.17) is 9.47 Å². The van der Waals surface area contributed by atoms with Crippen LogP contribution in [0.1, 0.15) is 173 Å². The molecule has 0 spiro atoms. The van der Waals surface area contributed by atoms with Crippen LogP contribution in [0.5, 0.6) is 0 Å². The number of Topliss-reactive ketones (excluding diaryl/α,β-unsaturated/α-hetero) is 3. The number of hydrogen-bond acceptors (Lipinski definition) is 17. The molecule has 528 valence electrons. The molecular weight excluding hydrogens is 1220 g/mol. The maximum absolute atomic E-state index is 13.5. The fourth-order valence-corrected chi connectivity index (χ4v) is 9.03. The molecule has 2 unspecified atom stereocenters. The van der Waals surface area contributed by atoms with Crippen LogP contribution in [-0.4, -0.2) is 193 Å². The highest BCUT2D eigenvalue weighted by Crippen LogP contribution is 2.23. The molecule has 29 nitrogen and oxygen atoms in total. The number of ketones is 3. The van der Waals surface area contributed by atoms with Gasteiger partial charge in [-0.15, -0.1) is 0 Å². The van der Waals surface area contributed by atoms with E-state index in [1.54, 1.807) is 103 Å². The zero-order valence-electron chi connectivity index (χ0n) is 58.8. The van der Waals surface area contributed by atoms with Gasteiger partial charge in [0.25, 0.3) is 11.8 Å². The van der Waals surface area contributed by atoms with Crippen molar-refractivity contribution < 1.29 is 81.4 Å². The maximum atomic E-state index is 13.5. The van der Waals surface area contributed by atoms with Crippen LogP contribution in [0.3, 0.4) is 0 Å². The first-order valence-corrected chi connectivity index (χ1v) is 31.8. The van der Waals surface area contributed by atoms with Crippen molar-refractivity contribution in [1.29, 1.82) is 0 Å². The average Bonchev–Trinajstić information content (AvgIpc) is 0.885. The van der Waals surface area contributed by atoms with Crippen molar-refractivity contribution in [2.45, 2.75) is 222 Å². The van der Waals surface area contributed by atoms with Gasteiger partial charge in [0, 0.05) is 46.0 Å². The van der Waals surface area contributed by atoms with Crippen LogP contribution in [0.4, 0.5) is 15.3 Å². The summed E-state index contributed by atoms with van der Waals surface area (Å²) in [6.07, 6.45) is 2.76. The number of nitrogens with one attached hydrogen (secondary N) is 10. The molecule has 1 aromatic rings. The number of hydrogen-bond donors (Lipinski definition) is 10. The largest absolute Gasteiger partial charge is 0.444 e. The van der Waals surface area contributed by atoms with Gasteiger partial charge in [-0.05, 0) is 117 Å². The molecule has 0 bridgehead atoms. The highest BCUT2D eigenvalue weighted by molar-refractivity contribution is 6.42. The molecule has 0 saturated heterocycles. The predicted octanol–water partition coefficient (Wildman–Crippen LogP) is 2.96. The first-order valence-electron chi connectivity index (χ1n) is 31.8. The second kappa shape index (κ2) is 38.6. The molecule has 1 saturated carbocycles. The summed E-state index contributed by atoms with van der Waals surface area (Å²) in [6.45, 7) is 27.9. The van der Waals surface area contributed by atoms with Crippen molar-refractivity contribution in [3.63, 3.8) is 0 Å². The molecule has 1 fully saturated rings. The zero-order valence-corrected chi connectivity index (χ0v) is 58.8. The Morgan fingerprint density at radius 1 is 0.468 bits per heavy atom. The van der Waals surface area contributed by atoms with E-state index >= 15 is 0 Å². The van der Waals surface area contributed by atoms with Crippen LogP contribution in [0, 0.1) is 29.6 Å². The molecule has 0 heterocycles. The van der Waals surface area contributed by atoms with E-state index in [-0.39, 0.29) is 23.3 Å². The van der Waals surface area contributed by atoms with Crippen LogP contribution < -0.4 is 53.2 Å². The van der Waals surface area contributed by atoms with Crippen molar-refractivity contribution in [2.24, 2.45) is 29.6 Å². The average molecular weight is 1330 g/mol. The molecule has 1 aliphatic rings. The van der Waals surface area contributed by atoms with Crippen LogP contribution in [0.25, 0.3) is 0 Å². The van der Waals surface area contributed by atoms with Crippen molar-refractivity contribution in [3.8, 4) is 0 Å². The number of benzene rings is 1. The smallest absolute Gasteiger partial charge is 0.408 e. The van der Waals surface area contributed by atoms with Gasteiger partial charge in [-0.2, -0.15) is 0 Å². The van der Waals surface area contributed by atoms with E-state index in [0.717, 1.165) is 32.1 Å². The lowest BCUT2D eigenvalue weighted by Gasteiger charge is -2.29. The first kappa shape index (κ1) is 83.5. The minimum Gasteiger partial charge on any atom is -0.444 e. The SMILES string of the molecule is CC(=O)c1cccc(NC(=O)C(=O)C(C)NC(=O)[C@H](CC(=O)N(C)C)NC(=O)[C@@H](NC(=O)[C@@H](NC(=O)OC(C)(C)C)C(C)C)C(C)C)c1.CC(NC(=O)[C@H](CC(=O)N(C)C)NC(=O)[C@@H](NC(=O)[C@@H](NC(=O)OC(C)(C)C)C(C)C)C(C)C)C(=O)C(=O)NCC1CCCCC1. The Balaban J connectivity index is 0.000000941. The molecule has 8 atom stereocenters. The zero-order chi connectivity index (χ0) is 72.4. The number of anilines is 1. The normalized spacial score (nSPS) is 15.0. The van der Waals surface area contributed by atoms with Crippen LogP contribution in [-0.2, 0) is 67.0 Å². The first-order chi connectivity index (χ1) is 43.3. The third-order valence-electron chi connectivity index (χ3n) is 14.5.